The zero-order chi connectivity index (χ0) is 46.1. The van der Waals surface area contributed by atoms with Gasteiger partial charge in [-0.1, -0.05) is 0 Å². The van der Waals surface area contributed by atoms with E-state index in [9.17, 15) is 22.9 Å². The van der Waals surface area contributed by atoms with Crippen molar-refractivity contribution in [2.75, 3.05) is 57.9 Å². The smallest absolute Gasteiger partial charge is 0.339 e. The Kier molecular flexibility index (Phi) is 43.8. The molecule has 0 bridgehead atoms. The maximum Gasteiger partial charge on any atom is 0.339 e. The van der Waals surface area contributed by atoms with Crippen LogP contribution in [0.15, 0.2) is 28.6 Å². The van der Waals surface area contributed by atoms with Gasteiger partial charge in [-0.05, 0) is 58.6 Å². The number of hydrogen-bond acceptors (Lipinski definition) is 14. The summed E-state index contributed by atoms with van der Waals surface area (Å²) in [6.07, 6.45) is 2.97. The topological polar surface area (TPSA) is 201 Å². The van der Waals surface area contributed by atoms with Crippen LogP contribution in [0.2, 0.25) is 0 Å². The van der Waals surface area contributed by atoms with Crippen LogP contribution >= 0.6 is 96.5 Å². The van der Waals surface area contributed by atoms with Gasteiger partial charge >= 0.3 is 5.20 Å². The second-order valence-electron chi connectivity index (χ2n) is 8.13. The first kappa shape index (κ1) is 58.0. The van der Waals surface area contributed by atoms with Crippen molar-refractivity contribution in [1.29, 1.82) is 6.60 Å². The molecule has 56 heavy (non-hydrogen) atoms. The molecule has 2 atom stereocenters. The molecule has 0 saturated carbocycles. The van der Waals surface area contributed by atoms with Gasteiger partial charge in [0.15, 0.2) is 0 Å². The Balaban J connectivity index is -0.000000141. The number of nitrogens with two attached hydrogens (primary N) is 2. The molecule has 0 aliphatic carbocycles. The third kappa shape index (κ3) is 38.5. The van der Waals surface area contributed by atoms with Gasteiger partial charge in [0.2, 0.25) is 17.1 Å². The number of aliphatic hydroxyl groups excluding tert-OH is 2. The van der Waals surface area contributed by atoms with E-state index in [0.29, 0.717) is 65.9 Å². The standard InChI is InChI=1S/C9H9N3OS.C6H4N2OS.C5H4N2S.C4H8O2S2.C3H2N2.2CH3F.BH.Cl3OP.U/c1-10-7-4-9(11-6-12(2)3)14-8(7)5-13;1-8-4-2-6(7)10-5(4)3-9;1-7-4-2-3-8-5(4)6;5-3-1-7-4(6)2-8-3;1-5-3-2-4;2*1-2;;1-5(2,3)4;/h4-6H,2-3H3;2-3H,7H2;2-3H,6H2;3-6H,1-2H2;3H2;2*1H3;1H;;/i;;;;;3*1D;;. The van der Waals surface area contributed by atoms with Crippen molar-refractivity contribution in [2.45, 2.75) is 10.9 Å². The molecule has 14 nitrogen and oxygen atoms in total. The average molecular weight is 1180 g/mol. The molecule has 4 rings (SSSR count). The molecule has 2 unspecified atom stereocenters. The number of carbonyl (C=O) groups excluding carboxylic acids is 2. The summed E-state index contributed by atoms with van der Waals surface area (Å²) < 4.78 is 45.8. The van der Waals surface area contributed by atoms with E-state index in [0.717, 1.165) is 11.3 Å². The first-order chi connectivity index (χ1) is 27.3. The number of halogens is 5. The van der Waals surface area contributed by atoms with Crippen molar-refractivity contribution in [2.24, 2.45) is 4.99 Å². The number of aliphatic hydroxyl groups is 2. The molecule has 2 radical (unpaired) electrons. The van der Waals surface area contributed by atoms with E-state index in [1.807, 2.05) is 19.5 Å². The Morgan fingerprint density at radius 2 is 1.45 bits per heavy atom. The number of nitrogen functional groups attached to an aromatic ring is 2. The van der Waals surface area contributed by atoms with Crippen molar-refractivity contribution in [3.05, 3.63) is 79.0 Å². The summed E-state index contributed by atoms with van der Waals surface area (Å²) in [5.41, 5.74) is 11.5. The van der Waals surface area contributed by atoms with E-state index in [4.69, 9.17) is 57.3 Å². The monoisotopic (exact) mass is 1170 g/mol. The molecule has 3 aromatic heterocycles. The molecule has 0 aromatic carbocycles. The molecule has 0 amide bonds. The maximum absolute atomic E-state index is 10.5. The van der Waals surface area contributed by atoms with E-state index >= 15 is 0 Å². The molecule has 3 aromatic rings. The molecule has 1 aliphatic heterocycles. The normalized spacial score (nSPS) is 13.2. The Hall–Kier alpha value is -2.34. The number of hydrogen-bond donors (Lipinski definition) is 4. The van der Waals surface area contributed by atoms with Gasteiger partial charge in [0, 0.05) is 65.1 Å². The summed E-state index contributed by atoms with van der Waals surface area (Å²) in [5, 5.41) is 25.7. The third-order valence-electron chi connectivity index (χ3n) is 4.16. The summed E-state index contributed by atoms with van der Waals surface area (Å²) in [5.74, 6) is 1.32. The molecule has 1 aliphatic rings. The largest absolute Gasteiger partial charge is 0.399 e. The van der Waals surface area contributed by atoms with Crippen molar-refractivity contribution in [3.8, 4) is 6.07 Å². The Labute approximate surface area is 389 Å². The Morgan fingerprint density at radius 1 is 1.02 bits per heavy atom. The van der Waals surface area contributed by atoms with Crippen molar-refractivity contribution >= 4 is 156 Å². The second-order valence-corrected chi connectivity index (χ2v) is 20.3. The predicted molar refractivity (Wildman–Crippen MR) is 234 cm³/mol. The summed E-state index contributed by atoms with van der Waals surface area (Å²) in [6.45, 7) is 26.0. The molecular formula is C29H34BCl3F2N9O5PS5U. The fourth-order valence-corrected chi connectivity index (χ4v) is 6.33. The number of aldehydes is 2. The van der Waals surface area contributed by atoms with Crippen molar-refractivity contribution in [3.63, 3.8) is 0 Å². The number of thiophene rings is 3. The van der Waals surface area contributed by atoms with Crippen LogP contribution in [0.4, 0.5) is 40.8 Å². The zero-order valence-electron chi connectivity index (χ0n) is 32.1. The van der Waals surface area contributed by atoms with Crippen molar-refractivity contribution < 1.29 is 67.0 Å². The van der Waals surface area contributed by atoms with Gasteiger partial charge in [-0.2, -0.15) is 5.26 Å². The van der Waals surface area contributed by atoms with Crippen LogP contribution in [-0.4, -0.2) is 101 Å². The van der Waals surface area contributed by atoms with E-state index in [2.05, 4.69) is 66.5 Å². The van der Waals surface area contributed by atoms with Crippen LogP contribution in [0.5, 0.6) is 0 Å². The van der Waals surface area contributed by atoms with E-state index < -0.39 is 19.5 Å². The second kappa shape index (κ2) is 42.3. The van der Waals surface area contributed by atoms with Gasteiger partial charge in [0.1, 0.15) is 34.5 Å². The summed E-state index contributed by atoms with van der Waals surface area (Å²) in [4.78, 5) is 39.7. The number of rotatable bonds is 4. The minimum atomic E-state index is -3.22. The molecule has 4 heterocycles. The number of anilines is 2. The predicted octanol–water partition coefficient (Wildman–Crippen LogP) is 9.77. The van der Waals surface area contributed by atoms with Crippen LogP contribution in [0.3, 0.4) is 0 Å². The molecule has 6 N–H and O–H groups in total. The zero-order valence-corrected chi connectivity index (χ0v) is 40.5. The van der Waals surface area contributed by atoms with E-state index in [1.165, 1.54) is 52.3 Å². The number of nitrogens with zero attached hydrogens (tertiary/aromatic N) is 7. The van der Waals surface area contributed by atoms with Gasteiger partial charge in [-0.3, -0.25) is 22.9 Å². The van der Waals surface area contributed by atoms with Gasteiger partial charge < -0.3 is 31.4 Å². The van der Waals surface area contributed by atoms with Gasteiger partial charge in [0.05, 0.1) is 62.9 Å². The maximum atomic E-state index is 10.5. The summed E-state index contributed by atoms with van der Waals surface area (Å²) in [7, 11) is 5.46. The SMILES string of the molecule is O=P(Cl)(Cl)Cl.OC1CSC(O)CS1.[2H]CF.[2H]CF.[2H][B].[C-]#[N+]CC#N.[C-]#[N+]c1cc(N)sc1C=O.[C-]#[N+]c1cc(N=CN(C)C)sc1C=O.[C-]#[N+]c1ccsc1N.[U]. The Bertz CT molecular complexity index is 1820. The first-order valence-corrected chi connectivity index (χ1v) is 22.1. The van der Waals surface area contributed by atoms with Gasteiger partial charge in [-0.25, -0.2) is 26.1 Å². The van der Waals surface area contributed by atoms with Gasteiger partial charge in [0.25, 0.3) is 6.54 Å². The fraction of sp³-hybridized carbons (Fsp3) is 0.310. The quantitative estimate of drug-likeness (QED) is 0.0369. The summed E-state index contributed by atoms with van der Waals surface area (Å²) >= 11 is 20.4. The van der Waals surface area contributed by atoms with E-state index in [-0.39, 0.29) is 48.5 Å². The molecule has 1 fully saturated rings. The number of aliphatic imine (C=N–C) groups is 1. The minimum absolute atomic E-state index is 0. The Morgan fingerprint density at radius 3 is 1.70 bits per heavy atom. The molecule has 0 spiro atoms. The fourth-order valence-electron chi connectivity index (χ4n) is 2.30. The van der Waals surface area contributed by atoms with Gasteiger partial charge in [-0.15, -0.1) is 57.5 Å². The molecule has 27 heteroatoms. The number of alkyl halides is 2. The third-order valence-corrected chi connectivity index (χ3v) is 9.28. The number of nitriles is 1. The average Bonchev–Trinajstić information content (AvgIpc) is 3.91. The van der Waals surface area contributed by atoms with Crippen LogP contribution < -0.4 is 11.5 Å². The minimum Gasteiger partial charge on any atom is -0.399 e. The molecule has 1 saturated heterocycles. The van der Waals surface area contributed by atoms with Crippen LogP contribution in [0.1, 0.15) is 22.1 Å². The number of carbonyl (C=O) groups is 2. The van der Waals surface area contributed by atoms with Crippen LogP contribution in [-0.2, 0) is 4.57 Å². The number of thioether (sulfide) groups is 2. The first-order valence-electron chi connectivity index (χ1n) is 15.1. The van der Waals surface area contributed by atoms with E-state index in [1.54, 1.807) is 29.4 Å². The van der Waals surface area contributed by atoms with Crippen LogP contribution in [0.25, 0.3) is 19.4 Å². The van der Waals surface area contributed by atoms with Crippen LogP contribution in [0, 0.1) is 68.7 Å². The molecular weight excluding hydrogens is 1140 g/mol. The van der Waals surface area contributed by atoms with Crippen molar-refractivity contribution in [1.82, 2.24) is 4.90 Å². The summed E-state index contributed by atoms with van der Waals surface area (Å²) in [6, 6.07) is 6.49. The molecule has 302 valence electrons.